The van der Waals surface area contributed by atoms with Gasteiger partial charge in [0.1, 0.15) is 17.8 Å². The zero-order chi connectivity index (χ0) is 30.6. The fourth-order valence-electron chi connectivity index (χ4n) is 8.63. The molecule has 3 fully saturated rings. The summed E-state index contributed by atoms with van der Waals surface area (Å²) >= 11 is 0. The first-order valence-electron chi connectivity index (χ1n) is 15.4. The molecule has 6 unspecified atom stereocenters. The quantitative estimate of drug-likeness (QED) is 0.193. The molecule has 2 aromatic heterocycles. The molecule has 0 bridgehead atoms. The topological polar surface area (TPSA) is 106 Å². The average Bonchev–Trinajstić information content (AvgIpc) is 3.53. The Bertz CT molecular complexity index is 1700. The van der Waals surface area contributed by atoms with Crippen LogP contribution in [0.5, 0.6) is 11.5 Å². The van der Waals surface area contributed by atoms with E-state index in [4.69, 9.17) is 20.1 Å². The molecule has 0 radical (unpaired) electrons. The predicted octanol–water partition coefficient (Wildman–Crippen LogP) is 7.06. The zero-order valence-electron chi connectivity index (χ0n) is 25.5. The van der Waals surface area contributed by atoms with Crippen LogP contribution in [0.3, 0.4) is 0 Å². The van der Waals surface area contributed by atoms with Crippen LogP contribution >= 0.6 is 0 Å². The van der Waals surface area contributed by atoms with E-state index in [0.717, 1.165) is 49.9 Å². The average molecular weight is 584 g/mol. The van der Waals surface area contributed by atoms with Crippen LogP contribution in [0.25, 0.3) is 17.0 Å². The normalized spacial score (nSPS) is 32.1. The van der Waals surface area contributed by atoms with Crippen LogP contribution in [0.2, 0.25) is 0 Å². The monoisotopic (exact) mass is 583 g/mol. The fraction of sp³-hybridized carbons (Fsp3) is 0.500. The Kier molecular flexibility index (Phi) is 7.33. The first-order valence-corrected chi connectivity index (χ1v) is 15.4. The van der Waals surface area contributed by atoms with Crippen LogP contribution < -0.4 is 10.4 Å². The van der Waals surface area contributed by atoms with Gasteiger partial charge in [-0.25, -0.2) is 4.79 Å². The van der Waals surface area contributed by atoms with Crippen molar-refractivity contribution in [3.05, 3.63) is 69.4 Å². The summed E-state index contributed by atoms with van der Waals surface area (Å²) in [5.41, 5.74) is 3.08. The molecular formula is C36H41NO6. The number of terminal acetylenes is 1. The molecule has 3 saturated carbocycles. The van der Waals surface area contributed by atoms with Crippen molar-refractivity contribution in [2.24, 2.45) is 28.6 Å². The number of phenolic OH excluding ortho intramolecular Hbond substituents is 1. The highest BCUT2D eigenvalue weighted by Crippen LogP contribution is 2.67. The van der Waals surface area contributed by atoms with Crippen LogP contribution in [0, 0.1) is 40.9 Å². The molecule has 7 rings (SSSR count). The minimum absolute atomic E-state index is 0.0264. The number of aliphatic hydroxyl groups is 1. The number of phenols is 1. The van der Waals surface area contributed by atoms with Crippen molar-refractivity contribution in [1.29, 1.82) is 0 Å². The molecule has 226 valence electrons. The number of hydrogen-bond donors (Lipinski definition) is 2. The Morgan fingerprint density at radius 3 is 2.74 bits per heavy atom. The lowest BCUT2D eigenvalue weighted by atomic mass is 9.46. The third kappa shape index (κ3) is 4.90. The Morgan fingerprint density at radius 2 is 1.98 bits per heavy atom. The SMILES string of the molecule is C#CC1(O)CCC2C3CCC4=Cc5oncc5CC4(C)C3CCC21C.CC(C)=CCOc1cc2oc(=O)ccc2cc1O. The Labute approximate surface area is 252 Å². The summed E-state index contributed by atoms with van der Waals surface area (Å²) in [5, 5.41) is 25.5. The van der Waals surface area contributed by atoms with Crippen molar-refractivity contribution in [2.75, 3.05) is 6.61 Å². The molecule has 7 nitrogen and oxygen atoms in total. The molecule has 0 amide bonds. The second-order valence-electron chi connectivity index (χ2n) is 13.6. The third-order valence-electron chi connectivity index (χ3n) is 11.1. The van der Waals surface area contributed by atoms with E-state index in [0.29, 0.717) is 41.1 Å². The van der Waals surface area contributed by atoms with Gasteiger partial charge in [-0.3, -0.25) is 0 Å². The molecule has 0 aliphatic heterocycles. The number of fused-ring (bicyclic) bond motifs is 7. The molecule has 0 spiro atoms. The predicted molar refractivity (Wildman–Crippen MR) is 165 cm³/mol. The second kappa shape index (κ2) is 10.7. The van der Waals surface area contributed by atoms with Crippen LogP contribution in [0.4, 0.5) is 0 Å². The van der Waals surface area contributed by atoms with Gasteiger partial charge < -0.3 is 23.9 Å². The van der Waals surface area contributed by atoms with Crippen LogP contribution in [0.1, 0.15) is 77.5 Å². The van der Waals surface area contributed by atoms with E-state index in [1.165, 1.54) is 30.2 Å². The molecular weight excluding hydrogens is 542 g/mol. The minimum Gasteiger partial charge on any atom is -0.504 e. The molecule has 43 heavy (non-hydrogen) atoms. The summed E-state index contributed by atoms with van der Waals surface area (Å²) in [6.45, 7) is 8.99. The van der Waals surface area contributed by atoms with Gasteiger partial charge in [0.2, 0.25) is 0 Å². The Hall–Kier alpha value is -3.76. The number of benzene rings is 1. The minimum atomic E-state index is -0.909. The molecule has 1 aromatic carbocycles. The van der Waals surface area contributed by atoms with Gasteiger partial charge in [-0.2, -0.15) is 0 Å². The summed E-state index contributed by atoms with van der Waals surface area (Å²) in [7, 11) is 0. The number of ether oxygens (including phenoxy) is 1. The number of allylic oxidation sites excluding steroid dienone is 2. The molecule has 2 N–H and O–H groups in total. The van der Waals surface area contributed by atoms with Gasteiger partial charge in [0.15, 0.2) is 17.3 Å². The lowest BCUT2D eigenvalue weighted by molar-refractivity contribution is -0.0975. The maximum absolute atomic E-state index is 11.1. The van der Waals surface area contributed by atoms with Crippen molar-refractivity contribution in [3.63, 3.8) is 0 Å². The number of aromatic nitrogens is 1. The van der Waals surface area contributed by atoms with Crippen LogP contribution in [-0.2, 0) is 6.42 Å². The molecule has 4 aliphatic rings. The van der Waals surface area contributed by atoms with Crippen molar-refractivity contribution in [2.45, 2.75) is 78.2 Å². The number of nitrogens with zero attached hydrogens (tertiary/aromatic N) is 1. The first kappa shape index (κ1) is 29.3. The van der Waals surface area contributed by atoms with E-state index in [2.05, 4.69) is 31.0 Å². The van der Waals surface area contributed by atoms with Crippen LogP contribution in [-0.4, -0.2) is 27.6 Å². The van der Waals surface area contributed by atoms with Crippen molar-refractivity contribution in [3.8, 4) is 23.8 Å². The van der Waals surface area contributed by atoms with Gasteiger partial charge >= 0.3 is 5.63 Å². The van der Waals surface area contributed by atoms with E-state index < -0.39 is 11.2 Å². The fourth-order valence-corrected chi connectivity index (χ4v) is 8.63. The molecule has 3 aromatic rings. The highest BCUT2D eigenvalue weighted by molar-refractivity contribution is 5.80. The number of aromatic hydroxyl groups is 1. The van der Waals surface area contributed by atoms with Gasteiger partial charge in [-0.15, -0.1) is 6.42 Å². The smallest absolute Gasteiger partial charge is 0.336 e. The highest BCUT2D eigenvalue weighted by Gasteiger charge is 2.63. The molecule has 4 aliphatic carbocycles. The molecule has 6 atom stereocenters. The van der Waals surface area contributed by atoms with Crippen molar-refractivity contribution >= 4 is 17.0 Å². The van der Waals surface area contributed by atoms with Gasteiger partial charge in [-0.05, 0) is 106 Å². The highest BCUT2D eigenvalue weighted by atomic mass is 16.5. The standard InChI is InChI=1S/C22H27NO2.C14H14O4/c1-4-22(24)10-8-18-16-6-5-15-11-19-14(13-23-25-19)12-20(15,2)17(16)7-9-21(18,22)3;1-9(2)5-6-17-13-8-12-10(7-11(13)15)3-4-14(16)18-12/h1,11,13,16-18,24H,5-10,12H2,2-3H3;3-5,7-8,15H,6H2,1-2H3. The van der Waals surface area contributed by atoms with Gasteiger partial charge in [-0.1, -0.05) is 36.1 Å². The zero-order valence-corrected chi connectivity index (χ0v) is 25.5. The van der Waals surface area contributed by atoms with E-state index in [1.54, 1.807) is 11.6 Å². The van der Waals surface area contributed by atoms with Gasteiger partial charge in [0.05, 0.1) is 6.20 Å². The van der Waals surface area contributed by atoms with E-state index in [-0.39, 0.29) is 16.6 Å². The maximum Gasteiger partial charge on any atom is 0.336 e. The second-order valence-corrected chi connectivity index (χ2v) is 13.6. The van der Waals surface area contributed by atoms with Crippen molar-refractivity contribution < 1.29 is 23.9 Å². The number of hydrogen-bond acceptors (Lipinski definition) is 7. The molecule has 2 heterocycles. The Morgan fingerprint density at radius 1 is 1.19 bits per heavy atom. The third-order valence-corrected chi connectivity index (χ3v) is 11.1. The lowest BCUT2D eigenvalue weighted by Crippen LogP contribution is -2.54. The molecule has 7 heteroatoms. The first-order chi connectivity index (χ1) is 20.5. The van der Waals surface area contributed by atoms with Crippen molar-refractivity contribution in [1.82, 2.24) is 5.16 Å². The van der Waals surface area contributed by atoms with E-state index in [9.17, 15) is 15.0 Å². The van der Waals surface area contributed by atoms with Gasteiger partial charge in [0.25, 0.3) is 0 Å². The lowest BCUT2D eigenvalue weighted by Gasteiger charge is -2.58. The van der Waals surface area contributed by atoms with Crippen LogP contribution in [0.15, 0.2) is 61.4 Å². The summed E-state index contributed by atoms with van der Waals surface area (Å²) in [6, 6.07) is 5.94. The summed E-state index contributed by atoms with van der Waals surface area (Å²) in [5.74, 6) is 5.96. The summed E-state index contributed by atoms with van der Waals surface area (Å²) in [6.07, 6.45) is 19.3. The summed E-state index contributed by atoms with van der Waals surface area (Å²) < 4.78 is 15.9. The van der Waals surface area contributed by atoms with Gasteiger partial charge in [0, 0.05) is 28.5 Å². The molecule has 0 saturated heterocycles. The number of rotatable bonds is 3. The largest absolute Gasteiger partial charge is 0.504 e. The summed E-state index contributed by atoms with van der Waals surface area (Å²) in [4.78, 5) is 11.1. The van der Waals surface area contributed by atoms with E-state index >= 15 is 0 Å². The Balaban J connectivity index is 0.000000163. The van der Waals surface area contributed by atoms with E-state index in [1.807, 2.05) is 26.1 Å². The maximum atomic E-state index is 11.1.